The predicted octanol–water partition coefficient (Wildman–Crippen LogP) is 5.85. The molecule has 0 N–H and O–H groups in total. The highest BCUT2D eigenvalue weighted by molar-refractivity contribution is 6.32. The lowest BCUT2D eigenvalue weighted by Crippen LogP contribution is -2.34. The molecule has 26 heavy (non-hydrogen) atoms. The van der Waals surface area contributed by atoms with E-state index in [0.29, 0.717) is 19.5 Å². The Morgan fingerprint density at radius 3 is 1.54 bits per heavy atom. The Labute approximate surface area is 166 Å². The summed E-state index contributed by atoms with van der Waals surface area (Å²) in [6, 6.07) is 6.17. The zero-order chi connectivity index (χ0) is 20.4. The van der Waals surface area contributed by atoms with Crippen LogP contribution in [0.2, 0.25) is 10.1 Å². The fourth-order valence-electron chi connectivity index (χ4n) is 2.33. The minimum atomic E-state index is -0.445. The molecule has 0 aliphatic carbocycles. The SMILES string of the molecule is C#Cc1ccc(C(C)(C)O[Si]C(C)(C)C)c(C(C)(C)O[Si]C(C)(C)C)c1. The smallest absolute Gasteiger partial charge is 0.236 e. The Morgan fingerprint density at radius 1 is 0.731 bits per heavy atom. The van der Waals surface area contributed by atoms with Crippen LogP contribution < -0.4 is 0 Å². The molecule has 2 nitrogen and oxygen atoms in total. The first-order valence-electron chi connectivity index (χ1n) is 9.09. The van der Waals surface area contributed by atoms with Crippen LogP contribution in [0.5, 0.6) is 0 Å². The average Bonchev–Trinajstić information content (AvgIpc) is 2.49. The van der Waals surface area contributed by atoms with Crippen LogP contribution in [0.25, 0.3) is 0 Å². The van der Waals surface area contributed by atoms with Crippen molar-refractivity contribution in [2.75, 3.05) is 0 Å². The molecular formula is C22H34O2Si2. The summed E-state index contributed by atoms with van der Waals surface area (Å²) in [4.78, 5) is 0. The van der Waals surface area contributed by atoms with Crippen LogP contribution >= 0.6 is 0 Å². The second-order valence-electron chi connectivity index (χ2n) is 9.83. The number of terminal acetylenes is 1. The van der Waals surface area contributed by atoms with Crippen LogP contribution in [-0.4, -0.2) is 19.5 Å². The van der Waals surface area contributed by atoms with Gasteiger partial charge in [0.05, 0.1) is 11.2 Å². The first kappa shape index (κ1) is 23.2. The molecule has 0 aliphatic heterocycles. The van der Waals surface area contributed by atoms with Crippen molar-refractivity contribution in [2.45, 2.75) is 90.5 Å². The lowest BCUT2D eigenvalue weighted by molar-refractivity contribution is 0.0829. The van der Waals surface area contributed by atoms with Gasteiger partial charge in [0, 0.05) is 5.56 Å². The molecule has 0 atom stereocenters. The highest BCUT2D eigenvalue weighted by Crippen LogP contribution is 2.38. The second-order valence-corrected chi connectivity index (χ2v) is 13.7. The first-order chi connectivity index (χ1) is 11.6. The number of rotatable bonds is 6. The monoisotopic (exact) mass is 386 g/mol. The summed E-state index contributed by atoms with van der Waals surface area (Å²) in [5.74, 6) is 2.75. The molecule has 0 fully saturated rings. The molecule has 0 bridgehead atoms. The Kier molecular flexibility index (Phi) is 7.15. The standard InChI is InChI=1S/C22H34O2Si2/c1-12-16-13-14-17(21(8,9)23-25-19(2,3)4)18(15-16)22(10,11)24-26-20(5,6)7/h1,13-15H,2-11H3. The second kappa shape index (κ2) is 8.02. The molecule has 0 saturated heterocycles. The summed E-state index contributed by atoms with van der Waals surface area (Å²) in [5, 5.41) is 0.261. The van der Waals surface area contributed by atoms with Gasteiger partial charge in [-0.3, -0.25) is 0 Å². The molecule has 0 aliphatic rings. The average molecular weight is 387 g/mol. The molecule has 1 aromatic carbocycles. The molecule has 0 amide bonds. The van der Waals surface area contributed by atoms with E-state index in [-0.39, 0.29) is 10.1 Å². The molecule has 1 aromatic rings. The number of benzene rings is 1. The molecule has 0 unspecified atom stereocenters. The third kappa shape index (κ3) is 7.04. The van der Waals surface area contributed by atoms with E-state index in [9.17, 15) is 0 Å². The zero-order valence-electron chi connectivity index (χ0n) is 18.1. The van der Waals surface area contributed by atoms with Crippen LogP contribution in [0, 0.1) is 12.3 Å². The van der Waals surface area contributed by atoms with Crippen molar-refractivity contribution in [1.82, 2.24) is 0 Å². The van der Waals surface area contributed by atoms with Crippen LogP contribution in [-0.2, 0) is 20.1 Å². The van der Waals surface area contributed by atoms with Crippen molar-refractivity contribution < 1.29 is 8.85 Å². The predicted molar refractivity (Wildman–Crippen MR) is 114 cm³/mol. The summed E-state index contributed by atoms with van der Waals surface area (Å²) in [5.41, 5.74) is 2.25. The van der Waals surface area contributed by atoms with Gasteiger partial charge in [-0.1, -0.05) is 53.5 Å². The molecule has 0 aromatic heterocycles. The van der Waals surface area contributed by atoms with Crippen molar-refractivity contribution in [1.29, 1.82) is 0 Å². The van der Waals surface area contributed by atoms with E-state index in [2.05, 4.69) is 87.3 Å². The van der Waals surface area contributed by atoms with Gasteiger partial charge in [-0.2, -0.15) is 0 Å². The maximum Gasteiger partial charge on any atom is 0.236 e. The Hall–Kier alpha value is -0.866. The fourth-order valence-corrected chi connectivity index (χ4v) is 3.67. The molecule has 1 rings (SSSR count). The summed E-state index contributed by atoms with van der Waals surface area (Å²) in [6.45, 7) is 21.7. The van der Waals surface area contributed by atoms with Crippen molar-refractivity contribution in [3.05, 3.63) is 34.9 Å². The first-order valence-corrected chi connectivity index (χ1v) is 10.9. The number of hydrogen-bond acceptors (Lipinski definition) is 2. The van der Waals surface area contributed by atoms with Crippen molar-refractivity contribution in [2.24, 2.45) is 0 Å². The lowest BCUT2D eigenvalue weighted by Gasteiger charge is -2.37. The normalized spacial score (nSPS) is 13.6. The van der Waals surface area contributed by atoms with Gasteiger partial charge in [-0.05, 0) is 61.0 Å². The lowest BCUT2D eigenvalue weighted by atomic mass is 9.84. The maximum atomic E-state index is 6.37. The van der Waals surface area contributed by atoms with Crippen LogP contribution in [0.3, 0.4) is 0 Å². The Balaban J connectivity index is 3.31. The topological polar surface area (TPSA) is 18.5 Å². The molecule has 0 saturated carbocycles. The van der Waals surface area contributed by atoms with E-state index < -0.39 is 11.2 Å². The van der Waals surface area contributed by atoms with Gasteiger partial charge in [0.2, 0.25) is 19.5 Å². The summed E-state index contributed by atoms with van der Waals surface area (Å²) >= 11 is 0. The maximum absolute atomic E-state index is 6.37. The minimum absolute atomic E-state index is 0.126. The molecule has 4 heteroatoms. The van der Waals surface area contributed by atoms with Crippen LogP contribution in [0.15, 0.2) is 18.2 Å². The van der Waals surface area contributed by atoms with Gasteiger partial charge in [-0.25, -0.2) is 0 Å². The Bertz CT molecular complexity index is 656. The van der Waals surface area contributed by atoms with E-state index in [4.69, 9.17) is 15.3 Å². The largest absolute Gasteiger partial charge is 0.408 e. The van der Waals surface area contributed by atoms with Gasteiger partial charge in [0.25, 0.3) is 0 Å². The molecule has 0 heterocycles. The van der Waals surface area contributed by atoms with E-state index in [1.165, 1.54) is 0 Å². The van der Waals surface area contributed by atoms with Crippen LogP contribution in [0.4, 0.5) is 0 Å². The fraction of sp³-hybridized carbons (Fsp3) is 0.636. The van der Waals surface area contributed by atoms with Gasteiger partial charge >= 0.3 is 0 Å². The minimum Gasteiger partial charge on any atom is -0.408 e. The third-order valence-electron chi connectivity index (χ3n) is 3.71. The highest BCUT2D eigenvalue weighted by atomic mass is 28.2. The summed E-state index contributed by atoms with van der Waals surface area (Å²) in [7, 11) is 0.805. The highest BCUT2D eigenvalue weighted by Gasteiger charge is 2.34. The van der Waals surface area contributed by atoms with Crippen molar-refractivity contribution in [3.8, 4) is 12.3 Å². The Morgan fingerprint density at radius 2 is 1.15 bits per heavy atom. The van der Waals surface area contributed by atoms with E-state index in [1.807, 2.05) is 6.07 Å². The molecule has 0 spiro atoms. The van der Waals surface area contributed by atoms with Crippen molar-refractivity contribution in [3.63, 3.8) is 0 Å². The van der Waals surface area contributed by atoms with Crippen LogP contribution in [0.1, 0.15) is 85.9 Å². The number of hydrogen-bond donors (Lipinski definition) is 0. The summed E-state index contributed by atoms with van der Waals surface area (Å²) in [6.07, 6.45) is 5.66. The molecular weight excluding hydrogens is 352 g/mol. The molecule has 4 radical (unpaired) electrons. The quantitative estimate of drug-likeness (QED) is 0.451. The van der Waals surface area contributed by atoms with Gasteiger partial charge < -0.3 is 8.85 Å². The van der Waals surface area contributed by atoms with Gasteiger partial charge in [-0.15, -0.1) is 6.42 Å². The van der Waals surface area contributed by atoms with E-state index in [0.717, 1.165) is 16.7 Å². The summed E-state index contributed by atoms with van der Waals surface area (Å²) < 4.78 is 12.7. The third-order valence-corrected chi connectivity index (χ3v) is 6.16. The van der Waals surface area contributed by atoms with Gasteiger partial charge in [0.1, 0.15) is 0 Å². The van der Waals surface area contributed by atoms with Crippen molar-refractivity contribution >= 4 is 19.5 Å². The van der Waals surface area contributed by atoms with E-state index >= 15 is 0 Å². The van der Waals surface area contributed by atoms with E-state index in [1.54, 1.807) is 0 Å². The molecule has 142 valence electrons. The van der Waals surface area contributed by atoms with Gasteiger partial charge in [0.15, 0.2) is 0 Å². The zero-order valence-corrected chi connectivity index (χ0v) is 20.1.